The van der Waals surface area contributed by atoms with Crippen LogP contribution in [0.1, 0.15) is 41.6 Å². The van der Waals surface area contributed by atoms with Crippen molar-refractivity contribution in [2.75, 3.05) is 19.6 Å². The zero-order valence-corrected chi connectivity index (χ0v) is 16.2. The Morgan fingerprint density at radius 1 is 1.15 bits per heavy atom. The van der Waals surface area contributed by atoms with E-state index in [2.05, 4.69) is 20.8 Å². The molecule has 0 aromatic heterocycles. The van der Waals surface area contributed by atoms with E-state index < -0.39 is 5.60 Å². The maximum atomic E-state index is 12.9. The van der Waals surface area contributed by atoms with E-state index >= 15 is 0 Å². The molecule has 3 nitrogen and oxygen atoms in total. The van der Waals surface area contributed by atoms with Crippen molar-refractivity contribution < 1.29 is 14.3 Å². The average molecular weight is 420 g/mol. The molecule has 0 spiro atoms. The van der Waals surface area contributed by atoms with Gasteiger partial charge in [0.2, 0.25) is 0 Å². The van der Waals surface area contributed by atoms with Gasteiger partial charge in [0.1, 0.15) is 5.82 Å². The molecule has 1 saturated heterocycles. The van der Waals surface area contributed by atoms with E-state index in [1.807, 2.05) is 24.3 Å². The third-order valence-electron chi connectivity index (χ3n) is 5.09. The molecule has 5 heteroatoms. The fourth-order valence-electron chi connectivity index (χ4n) is 3.46. The van der Waals surface area contributed by atoms with Crippen molar-refractivity contribution in [3.8, 4) is 0 Å². The van der Waals surface area contributed by atoms with E-state index in [0.717, 1.165) is 36.1 Å². The van der Waals surface area contributed by atoms with Crippen LogP contribution in [0.2, 0.25) is 0 Å². The summed E-state index contributed by atoms with van der Waals surface area (Å²) in [6.45, 7) is 2.46. The van der Waals surface area contributed by atoms with Crippen molar-refractivity contribution >= 4 is 21.7 Å². The van der Waals surface area contributed by atoms with Crippen LogP contribution < -0.4 is 0 Å². The van der Waals surface area contributed by atoms with E-state index in [9.17, 15) is 14.3 Å². The lowest BCUT2D eigenvalue weighted by Gasteiger charge is -2.38. The summed E-state index contributed by atoms with van der Waals surface area (Å²) in [4.78, 5) is 14.4. The van der Waals surface area contributed by atoms with Gasteiger partial charge < -0.3 is 10.0 Å². The number of ketones is 1. The summed E-state index contributed by atoms with van der Waals surface area (Å²) in [5.74, 6) is -0.277. The minimum absolute atomic E-state index is 0.0488. The molecular formula is C21H23BrFNO2. The molecule has 26 heavy (non-hydrogen) atoms. The van der Waals surface area contributed by atoms with E-state index in [1.54, 1.807) is 0 Å². The highest BCUT2D eigenvalue weighted by Crippen LogP contribution is 2.34. The van der Waals surface area contributed by atoms with Gasteiger partial charge in [0.05, 0.1) is 5.60 Å². The molecule has 3 rings (SSSR count). The molecule has 138 valence electrons. The maximum Gasteiger partial charge on any atom is 0.162 e. The van der Waals surface area contributed by atoms with Gasteiger partial charge in [-0.3, -0.25) is 4.79 Å². The molecule has 0 bridgehead atoms. The second kappa shape index (κ2) is 8.42. The fraction of sp³-hybridized carbons (Fsp3) is 0.381. The van der Waals surface area contributed by atoms with Crippen molar-refractivity contribution in [3.05, 3.63) is 69.9 Å². The normalized spacial score (nSPS) is 17.2. The lowest BCUT2D eigenvalue weighted by atomic mass is 9.84. The van der Waals surface area contributed by atoms with Gasteiger partial charge in [-0.2, -0.15) is 0 Å². The van der Waals surface area contributed by atoms with Crippen LogP contribution in [0.15, 0.2) is 53.0 Å². The smallest absolute Gasteiger partial charge is 0.162 e. The van der Waals surface area contributed by atoms with Crippen LogP contribution in [0.5, 0.6) is 0 Å². The highest BCUT2D eigenvalue weighted by molar-refractivity contribution is 9.10. The summed E-state index contributed by atoms with van der Waals surface area (Å²) in [6, 6.07) is 13.6. The highest BCUT2D eigenvalue weighted by atomic mass is 79.9. The lowest BCUT2D eigenvalue weighted by Crippen LogP contribution is -2.42. The molecule has 2 aromatic rings. The number of carbonyl (C=O) groups excluding carboxylic acids is 1. The van der Waals surface area contributed by atoms with Crippen LogP contribution in [-0.2, 0) is 5.60 Å². The molecule has 0 unspecified atom stereocenters. The highest BCUT2D eigenvalue weighted by Gasteiger charge is 2.33. The molecule has 0 saturated carbocycles. The van der Waals surface area contributed by atoms with Gasteiger partial charge in [0.15, 0.2) is 5.78 Å². The number of piperidine rings is 1. The molecule has 1 aliphatic rings. The van der Waals surface area contributed by atoms with Crippen LogP contribution in [0.25, 0.3) is 0 Å². The van der Waals surface area contributed by atoms with Crippen molar-refractivity contribution in [1.82, 2.24) is 4.90 Å². The first-order valence-corrected chi connectivity index (χ1v) is 9.75. The Morgan fingerprint density at radius 2 is 1.85 bits per heavy atom. The second-order valence-corrected chi connectivity index (χ2v) is 7.83. The van der Waals surface area contributed by atoms with Crippen molar-refractivity contribution in [3.63, 3.8) is 0 Å². The number of Topliss-reactive ketones (excluding diaryl/α,β-unsaturated/α-hetero) is 1. The first-order valence-electron chi connectivity index (χ1n) is 8.96. The number of aliphatic hydroxyl groups is 1. The van der Waals surface area contributed by atoms with Gasteiger partial charge in [-0.1, -0.05) is 28.1 Å². The van der Waals surface area contributed by atoms with E-state index in [4.69, 9.17) is 0 Å². The quantitative estimate of drug-likeness (QED) is 0.698. The molecule has 0 aliphatic carbocycles. The van der Waals surface area contributed by atoms with E-state index in [0.29, 0.717) is 24.8 Å². The predicted octanol–water partition coefficient (Wildman–Crippen LogP) is 4.53. The zero-order valence-electron chi connectivity index (χ0n) is 14.6. The molecule has 0 amide bonds. The summed E-state index contributed by atoms with van der Waals surface area (Å²) >= 11 is 3.46. The van der Waals surface area contributed by atoms with Crippen LogP contribution in [0.3, 0.4) is 0 Å². The third-order valence-corrected chi connectivity index (χ3v) is 5.58. The summed E-state index contributed by atoms with van der Waals surface area (Å²) < 4.78 is 13.9. The number of likely N-dealkylation sites (tertiary alicyclic amines) is 1. The van der Waals surface area contributed by atoms with Gasteiger partial charge in [0, 0.05) is 29.5 Å². The van der Waals surface area contributed by atoms with E-state index in [1.165, 1.54) is 24.3 Å². The zero-order chi connectivity index (χ0) is 18.6. The molecule has 0 radical (unpaired) electrons. The summed E-state index contributed by atoms with van der Waals surface area (Å²) in [6.07, 6.45) is 2.61. The summed E-state index contributed by atoms with van der Waals surface area (Å²) in [5, 5.41) is 10.9. The summed E-state index contributed by atoms with van der Waals surface area (Å²) in [7, 11) is 0. The average Bonchev–Trinajstić information content (AvgIpc) is 2.64. The molecule has 1 aliphatic heterocycles. The molecular weight excluding hydrogens is 397 g/mol. The number of hydrogen-bond donors (Lipinski definition) is 1. The van der Waals surface area contributed by atoms with Gasteiger partial charge in [-0.25, -0.2) is 4.39 Å². The first kappa shape index (κ1) is 19.2. The fourth-order valence-corrected chi connectivity index (χ4v) is 3.86. The lowest BCUT2D eigenvalue weighted by molar-refractivity contribution is -0.0260. The minimum atomic E-state index is -0.774. The topological polar surface area (TPSA) is 40.5 Å². The van der Waals surface area contributed by atoms with Crippen LogP contribution in [-0.4, -0.2) is 35.4 Å². The Bertz CT molecular complexity index is 755. The largest absolute Gasteiger partial charge is 0.385 e. The maximum absolute atomic E-state index is 12.9. The number of rotatable bonds is 6. The standard InChI is InChI=1S/C21H23BrFNO2/c22-18-4-1-3-17(15-18)21(26)10-13-24(14-11-21)12-2-5-20(25)16-6-8-19(23)9-7-16/h1,3-4,6-9,15,26H,2,5,10-14H2. The van der Waals surface area contributed by atoms with Gasteiger partial charge in [0.25, 0.3) is 0 Å². The number of carbonyl (C=O) groups is 1. The molecule has 0 atom stereocenters. The number of halogens is 2. The Kier molecular flexibility index (Phi) is 6.22. The number of hydrogen-bond acceptors (Lipinski definition) is 3. The Hall–Kier alpha value is -1.56. The SMILES string of the molecule is O=C(CCCN1CCC(O)(c2cccc(Br)c2)CC1)c1ccc(F)cc1. The van der Waals surface area contributed by atoms with E-state index in [-0.39, 0.29) is 11.6 Å². The van der Waals surface area contributed by atoms with Crippen molar-refractivity contribution in [2.24, 2.45) is 0 Å². The van der Waals surface area contributed by atoms with Gasteiger partial charge >= 0.3 is 0 Å². The van der Waals surface area contributed by atoms with Crippen LogP contribution in [0.4, 0.5) is 4.39 Å². The monoisotopic (exact) mass is 419 g/mol. The van der Waals surface area contributed by atoms with Crippen molar-refractivity contribution in [1.29, 1.82) is 0 Å². The minimum Gasteiger partial charge on any atom is -0.385 e. The molecule has 1 heterocycles. The number of benzene rings is 2. The Morgan fingerprint density at radius 3 is 2.50 bits per heavy atom. The number of nitrogens with zero attached hydrogens (tertiary/aromatic N) is 1. The Balaban J connectivity index is 1.45. The first-order chi connectivity index (χ1) is 12.5. The second-order valence-electron chi connectivity index (χ2n) is 6.92. The van der Waals surface area contributed by atoms with Crippen LogP contribution >= 0.6 is 15.9 Å². The van der Waals surface area contributed by atoms with Gasteiger partial charge in [-0.05, 0) is 67.8 Å². The molecule has 2 aromatic carbocycles. The van der Waals surface area contributed by atoms with Gasteiger partial charge in [-0.15, -0.1) is 0 Å². The third kappa shape index (κ3) is 4.78. The van der Waals surface area contributed by atoms with Crippen molar-refractivity contribution in [2.45, 2.75) is 31.3 Å². The molecule has 1 fully saturated rings. The van der Waals surface area contributed by atoms with Crippen LogP contribution in [0, 0.1) is 5.82 Å². The predicted molar refractivity (Wildman–Crippen MR) is 104 cm³/mol. The molecule has 1 N–H and O–H groups in total. The summed E-state index contributed by atoms with van der Waals surface area (Å²) in [5.41, 5.74) is 0.747. The Labute approximate surface area is 162 Å².